The highest BCUT2D eigenvalue weighted by atomic mass is 16.5. The summed E-state index contributed by atoms with van der Waals surface area (Å²) in [5.41, 5.74) is 5.08. The summed E-state index contributed by atoms with van der Waals surface area (Å²) in [5, 5.41) is 17.0. The Bertz CT molecular complexity index is 1630. The van der Waals surface area contributed by atoms with Crippen molar-refractivity contribution in [2.45, 2.75) is 13.8 Å². The molecule has 0 radical (unpaired) electrons. The van der Waals surface area contributed by atoms with Crippen LogP contribution in [0.4, 0.5) is 0 Å². The number of aromatic nitrogens is 4. The number of carboxylic acids is 1. The zero-order chi connectivity index (χ0) is 25.1. The zero-order valence-electron chi connectivity index (χ0n) is 19.6. The van der Waals surface area contributed by atoms with Crippen molar-refractivity contribution in [2.24, 2.45) is 0 Å². The fourth-order valence-electron chi connectivity index (χ4n) is 3.97. The van der Waals surface area contributed by atoms with Crippen LogP contribution in [-0.4, -0.2) is 30.8 Å². The molecule has 0 fully saturated rings. The lowest BCUT2D eigenvalue weighted by molar-refractivity contribution is 0.0695. The first-order valence-corrected chi connectivity index (χ1v) is 11.2. The average Bonchev–Trinajstić information content (AvgIpc) is 3.61. The van der Waals surface area contributed by atoms with Crippen molar-refractivity contribution in [1.82, 2.24) is 19.7 Å². The number of fused-ring (bicyclic) bond motifs is 1. The van der Waals surface area contributed by atoms with E-state index in [1.54, 1.807) is 19.1 Å². The summed E-state index contributed by atoms with van der Waals surface area (Å²) in [4.78, 5) is 15.5. The Morgan fingerprint density at radius 3 is 2.03 bits per heavy atom. The Balaban J connectivity index is 0.000000157. The second-order valence-corrected chi connectivity index (χ2v) is 8.04. The van der Waals surface area contributed by atoms with Gasteiger partial charge in [0.2, 0.25) is 0 Å². The maximum absolute atomic E-state index is 11.0. The SMILES string of the molecule is Cc1onc(-c2ccccc2)c1-c1ncc2ccccn12.Cc1onc(-c2ccccc2)c1C(=O)O. The molecule has 1 N–H and O–H groups in total. The number of hydrogen-bond acceptors (Lipinski definition) is 6. The molecule has 0 aliphatic rings. The van der Waals surface area contributed by atoms with Crippen LogP contribution in [0.15, 0.2) is 100 Å². The van der Waals surface area contributed by atoms with Crippen molar-refractivity contribution in [3.05, 3.63) is 108 Å². The van der Waals surface area contributed by atoms with Crippen LogP contribution in [0.5, 0.6) is 0 Å². The van der Waals surface area contributed by atoms with Gasteiger partial charge in [-0.2, -0.15) is 0 Å². The molecule has 6 aromatic rings. The number of benzene rings is 2. The smallest absolute Gasteiger partial charge is 0.341 e. The number of carboxylic acid groups (broad SMARTS) is 1. The Kier molecular flexibility index (Phi) is 6.15. The van der Waals surface area contributed by atoms with Gasteiger partial charge in [0, 0.05) is 17.3 Å². The van der Waals surface area contributed by atoms with E-state index in [0.717, 1.165) is 39.5 Å². The van der Waals surface area contributed by atoms with Crippen LogP contribution >= 0.6 is 0 Å². The third-order valence-corrected chi connectivity index (χ3v) is 5.70. The van der Waals surface area contributed by atoms with Crippen LogP contribution in [0.3, 0.4) is 0 Å². The number of carbonyl (C=O) groups is 1. The van der Waals surface area contributed by atoms with Crippen LogP contribution in [0.25, 0.3) is 39.4 Å². The molecule has 0 aliphatic heterocycles. The summed E-state index contributed by atoms with van der Waals surface area (Å²) in [6.07, 6.45) is 3.86. The average molecular weight is 479 g/mol. The van der Waals surface area contributed by atoms with Crippen molar-refractivity contribution >= 4 is 11.5 Å². The van der Waals surface area contributed by atoms with Crippen LogP contribution in [0.1, 0.15) is 21.9 Å². The first-order valence-electron chi connectivity index (χ1n) is 11.2. The molecule has 8 heteroatoms. The maximum atomic E-state index is 11.0. The predicted octanol–water partition coefficient (Wildman–Crippen LogP) is 6.31. The Labute approximate surface area is 206 Å². The van der Waals surface area contributed by atoms with Gasteiger partial charge < -0.3 is 14.2 Å². The number of nitrogens with zero attached hydrogens (tertiary/aromatic N) is 4. The topological polar surface area (TPSA) is 107 Å². The van der Waals surface area contributed by atoms with Gasteiger partial charge in [0.05, 0.1) is 17.3 Å². The number of pyridine rings is 1. The first kappa shape index (κ1) is 22.8. The first-order chi connectivity index (χ1) is 17.5. The van der Waals surface area contributed by atoms with E-state index in [9.17, 15) is 4.79 Å². The minimum absolute atomic E-state index is 0.126. The van der Waals surface area contributed by atoms with Crippen LogP contribution in [0.2, 0.25) is 0 Å². The molecule has 4 aromatic heterocycles. The molecule has 36 heavy (non-hydrogen) atoms. The Morgan fingerprint density at radius 2 is 1.36 bits per heavy atom. The van der Waals surface area contributed by atoms with E-state index in [1.165, 1.54) is 0 Å². The number of hydrogen-bond donors (Lipinski definition) is 1. The third kappa shape index (κ3) is 4.27. The van der Waals surface area contributed by atoms with E-state index in [2.05, 4.69) is 15.3 Å². The summed E-state index contributed by atoms with van der Waals surface area (Å²) in [6.45, 7) is 3.50. The quantitative estimate of drug-likeness (QED) is 0.316. The lowest BCUT2D eigenvalue weighted by Gasteiger charge is -2.02. The number of aromatic carboxylic acids is 1. The van der Waals surface area contributed by atoms with Crippen LogP contribution < -0.4 is 0 Å². The molecule has 0 aliphatic carbocycles. The molecule has 0 bridgehead atoms. The monoisotopic (exact) mass is 478 g/mol. The van der Waals surface area contributed by atoms with Crippen molar-refractivity contribution in [1.29, 1.82) is 0 Å². The molecule has 6 rings (SSSR count). The summed E-state index contributed by atoms with van der Waals surface area (Å²) >= 11 is 0. The Morgan fingerprint density at radius 1 is 0.778 bits per heavy atom. The molecule has 0 saturated heterocycles. The fraction of sp³-hybridized carbons (Fsp3) is 0.0714. The summed E-state index contributed by atoms with van der Waals surface area (Å²) in [6, 6.07) is 25.1. The number of imidazole rings is 1. The third-order valence-electron chi connectivity index (χ3n) is 5.70. The van der Waals surface area contributed by atoms with E-state index < -0.39 is 5.97 Å². The summed E-state index contributed by atoms with van der Waals surface area (Å²) < 4.78 is 12.3. The number of rotatable bonds is 4. The van der Waals surface area contributed by atoms with Crippen molar-refractivity contribution in [2.75, 3.05) is 0 Å². The van der Waals surface area contributed by atoms with E-state index in [0.29, 0.717) is 11.5 Å². The molecule has 0 spiro atoms. The second-order valence-electron chi connectivity index (χ2n) is 8.04. The van der Waals surface area contributed by atoms with Gasteiger partial charge >= 0.3 is 5.97 Å². The molecule has 4 heterocycles. The van der Waals surface area contributed by atoms with Gasteiger partial charge in [0.1, 0.15) is 34.3 Å². The highest BCUT2D eigenvalue weighted by Gasteiger charge is 2.21. The normalized spacial score (nSPS) is 10.7. The van der Waals surface area contributed by atoms with Gasteiger partial charge in [-0.1, -0.05) is 77.0 Å². The van der Waals surface area contributed by atoms with Gasteiger partial charge in [-0.3, -0.25) is 4.40 Å². The molecule has 0 atom stereocenters. The van der Waals surface area contributed by atoms with Crippen molar-refractivity contribution in [3.8, 4) is 33.9 Å². The summed E-state index contributed by atoms with van der Waals surface area (Å²) in [7, 11) is 0. The number of aryl methyl sites for hydroxylation is 2. The standard InChI is InChI=1S/C17H13N3O.C11H9NO3/c1-12-15(16(19-21-12)13-7-3-2-4-8-13)17-18-11-14-9-5-6-10-20(14)17;1-7-9(11(13)14)10(12-15-7)8-5-3-2-4-6-8/h2-11H,1H3;2-6H,1H3,(H,13,14). The zero-order valence-corrected chi connectivity index (χ0v) is 19.6. The van der Waals surface area contributed by atoms with Gasteiger partial charge in [0.25, 0.3) is 0 Å². The van der Waals surface area contributed by atoms with Gasteiger partial charge in [0.15, 0.2) is 0 Å². The van der Waals surface area contributed by atoms with E-state index >= 15 is 0 Å². The van der Waals surface area contributed by atoms with Crippen molar-refractivity contribution < 1.29 is 18.9 Å². The second kappa shape index (κ2) is 9.71. The predicted molar refractivity (Wildman–Crippen MR) is 134 cm³/mol. The maximum Gasteiger partial charge on any atom is 0.341 e. The van der Waals surface area contributed by atoms with E-state index in [1.807, 2.05) is 90.4 Å². The molecule has 8 nitrogen and oxygen atoms in total. The van der Waals surface area contributed by atoms with Crippen molar-refractivity contribution in [3.63, 3.8) is 0 Å². The van der Waals surface area contributed by atoms with E-state index in [4.69, 9.17) is 14.2 Å². The lowest BCUT2D eigenvalue weighted by atomic mass is 10.1. The van der Waals surface area contributed by atoms with Gasteiger partial charge in [-0.25, -0.2) is 9.78 Å². The molecular weight excluding hydrogens is 456 g/mol. The Hall–Kier alpha value is -4.98. The molecule has 2 aromatic carbocycles. The minimum atomic E-state index is -1.02. The van der Waals surface area contributed by atoms with E-state index in [-0.39, 0.29) is 5.56 Å². The molecule has 0 unspecified atom stereocenters. The largest absolute Gasteiger partial charge is 0.477 e. The molecule has 0 amide bonds. The highest BCUT2D eigenvalue weighted by Crippen LogP contribution is 2.33. The highest BCUT2D eigenvalue weighted by molar-refractivity contribution is 5.95. The minimum Gasteiger partial charge on any atom is -0.477 e. The summed E-state index contributed by atoms with van der Waals surface area (Å²) in [5.74, 6) is 0.919. The van der Waals surface area contributed by atoms with Crippen LogP contribution in [0, 0.1) is 13.8 Å². The molecule has 0 saturated carbocycles. The molecule has 178 valence electrons. The van der Waals surface area contributed by atoms with Gasteiger partial charge in [-0.05, 0) is 26.0 Å². The molecular formula is C28H22N4O4. The lowest BCUT2D eigenvalue weighted by Crippen LogP contribution is -1.98. The van der Waals surface area contributed by atoms with Crippen LogP contribution in [-0.2, 0) is 0 Å². The fourth-order valence-corrected chi connectivity index (χ4v) is 3.97. The van der Waals surface area contributed by atoms with Gasteiger partial charge in [-0.15, -0.1) is 0 Å².